The predicted octanol–water partition coefficient (Wildman–Crippen LogP) is 3.23. The van der Waals surface area contributed by atoms with E-state index in [0.717, 1.165) is 24.4 Å². The largest absolute Gasteiger partial charge is 0.416 e. The molecular formula is C13H24N2OSi. The molecule has 2 N–H and O–H groups in total. The molecule has 0 atom stereocenters. The van der Waals surface area contributed by atoms with Gasteiger partial charge < -0.3 is 10.2 Å². The molecule has 0 amide bonds. The normalized spacial score (nSPS) is 12.8. The van der Waals surface area contributed by atoms with Crippen LogP contribution < -0.4 is 5.73 Å². The smallest absolute Gasteiger partial charge is 0.191 e. The summed E-state index contributed by atoms with van der Waals surface area (Å²) >= 11 is 0. The van der Waals surface area contributed by atoms with Crippen molar-refractivity contribution >= 4 is 14.0 Å². The topological polar surface area (TPSA) is 48.1 Å². The van der Waals surface area contributed by atoms with E-state index in [1.807, 2.05) is 6.07 Å². The predicted molar refractivity (Wildman–Crippen MR) is 75.5 cm³/mol. The van der Waals surface area contributed by atoms with Crippen molar-refractivity contribution in [2.24, 2.45) is 0 Å². The molecule has 0 saturated heterocycles. The molecule has 0 aliphatic carbocycles. The third-order valence-corrected chi connectivity index (χ3v) is 8.01. The molecule has 1 aromatic rings. The summed E-state index contributed by atoms with van der Waals surface area (Å²) in [6.45, 7) is 12.0. The molecule has 96 valence electrons. The van der Waals surface area contributed by atoms with Gasteiger partial charge in [-0.15, -0.1) is 0 Å². The van der Waals surface area contributed by atoms with Crippen molar-refractivity contribution < 1.29 is 4.43 Å². The van der Waals surface area contributed by atoms with Gasteiger partial charge in [0.25, 0.3) is 0 Å². The molecule has 0 aliphatic rings. The van der Waals surface area contributed by atoms with Crippen LogP contribution in [0.3, 0.4) is 0 Å². The molecular weight excluding hydrogens is 228 g/mol. The maximum atomic E-state index is 6.10. The third-order valence-electron chi connectivity index (χ3n) is 3.47. The molecule has 17 heavy (non-hydrogen) atoms. The van der Waals surface area contributed by atoms with E-state index in [0.29, 0.717) is 0 Å². The van der Waals surface area contributed by atoms with Crippen molar-refractivity contribution in [2.75, 3.05) is 12.3 Å². The molecule has 0 unspecified atom stereocenters. The van der Waals surface area contributed by atoms with Crippen LogP contribution in [0.25, 0.3) is 0 Å². The third kappa shape index (κ3) is 4.13. The first-order valence-corrected chi connectivity index (χ1v) is 8.97. The highest BCUT2D eigenvalue weighted by molar-refractivity contribution is 6.74. The van der Waals surface area contributed by atoms with Crippen molar-refractivity contribution in [3.05, 3.63) is 24.0 Å². The van der Waals surface area contributed by atoms with E-state index in [1.54, 1.807) is 12.3 Å². The molecule has 1 rings (SSSR count). The Labute approximate surface area is 106 Å². The van der Waals surface area contributed by atoms with E-state index in [2.05, 4.69) is 38.8 Å². The summed E-state index contributed by atoms with van der Waals surface area (Å²) < 4.78 is 6.10. The molecule has 0 radical (unpaired) electrons. The summed E-state index contributed by atoms with van der Waals surface area (Å²) in [7, 11) is -1.63. The number of aromatic nitrogens is 1. The highest BCUT2D eigenvalue weighted by Crippen LogP contribution is 2.36. The van der Waals surface area contributed by atoms with E-state index >= 15 is 0 Å². The monoisotopic (exact) mass is 252 g/mol. The fourth-order valence-electron chi connectivity index (χ4n) is 1.26. The second kappa shape index (κ2) is 5.19. The minimum Gasteiger partial charge on any atom is -0.416 e. The number of hydrogen-bond acceptors (Lipinski definition) is 3. The number of hydrogen-bond donors (Lipinski definition) is 1. The minimum atomic E-state index is -1.63. The summed E-state index contributed by atoms with van der Waals surface area (Å²) in [5.41, 5.74) is 7.48. The van der Waals surface area contributed by atoms with Gasteiger partial charge in [0, 0.05) is 30.6 Å². The van der Waals surface area contributed by atoms with Crippen LogP contribution in [0.2, 0.25) is 18.1 Å². The number of nitrogens with two attached hydrogens (primary N) is 1. The Morgan fingerprint density at radius 2 is 2.00 bits per heavy atom. The first-order valence-electron chi connectivity index (χ1n) is 6.07. The van der Waals surface area contributed by atoms with Crippen molar-refractivity contribution in [1.29, 1.82) is 0 Å². The van der Waals surface area contributed by atoms with E-state index in [4.69, 9.17) is 10.2 Å². The maximum Gasteiger partial charge on any atom is 0.191 e. The van der Waals surface area contributed by atoms with E-state index < -0.39 is 8.32 Å². The summed E-state index contributed by atoms with van der Waals surface area (Å²) in [5.74, 6) is 0. The Bertz CT molecular complexity index is 372. The molecule has 0 fully saturated rings. The zero-order chi connectivity index (χ0) is 13.1. The van der Waals surface area contributed by atoms with E-state index in [1.165, 1.54) is 0 Å². The molecule has 4 heteroatoms. The van der Waals surface area contributed by atoms with E-state index in [9.17, 15) is 0 Å². The van der Waals surface area contributed by atoms with Crippen molar-refractivity contribution in [1.82, 2.24) is 4.98 Å². The van der Waals surface area contributed by atoms with Crippen LogP contribution in [0.15, 0.2) is 18.3 Å². The van der Waals surface area contributed by atoms with Gasteiger partial charge in [0.2, 0.25) is 0 Å². The summed E-state index contributed by atoms with van der Waals surface area (Å²) in [6.07, 6.45) is 2.58. The second-order valence-corrected chi connectivity index (χ2v) is 10.7. The molecule has 0 saturated carbocycles. The van der Waals surface area contributed by atoms with Crippen LogP contribution in [0, 0.1) is 0 Å². The molecule has 3 nitrogen and oxygen atoms in total. The molecule has 1 aromatic heterocycles. The summed E-state index contributed by atoms with van der Waals surface area (Å²) in [5, 5.41) is 0.260. The van der Waals surface area contributed by atoms with Crippen LogP contribution in [-0.4, -0.2) is 19.9 Å². The lowest BCUT2D eigenvalue weighted by Gasteiger charge is -2.36. The standard InChI is InChI=1S/C13H24N2OSi/c1-13(2,3)17(4,5)16-9-7-12-10-11(14)6-8-15-12/h6,8,10H,7,9H2,1-5H3,(H2,14,15). The number of nitrogen functional groups attached to an aromatic ring is 1. The van der Waals surface area contributed by atoms with Gasteiger partial charge in [-0.1, -0.05) is 20.8 Å². The van der Waals surface area contributed by atoms with Gasteiger partial charge in [0.05, 0.1) is 0 Å². The van der Waals surface area contributed by atoms with Crippen LogP contribution >= 0.6 is 0 Å². The Kier molecular flexibility index (Phi) is 4.33. The molecule has 0 aromatic carbocycles. The lowest BCUT2D eigenvalue weighted by Crippen LogP contribution is -2.41. The quantitative estimate of drug-likeness (QED) is 0.837. The van der Waals surface area contributed by atoms with Crippen molar-refractivity contribution in [3.8, 4) is 0 Å². The highest BCUT2D eigenvalue weighted by Gasteiger charge is 2.36. The molecule has 0 bridgehead atoms. The number of pyridine rings is 1. The highest BCUT2D eigenvalue weighted by atomic mass is 28.4. The van der Waals surface area contributed by atoms with E-state index in [-0.39, 0.29) is 5.04 Å². The van der Waals surface area contributed by atoms with Gasteiger partial charge in [-0.3, -0.25) is 4.98 Å². The SMILES string of the molecule is CC(C)(C)[Si](C)(C)OCCc1cc(N)ccn1. The number of rotatable bonds is 4. The van der Waals surface area contributed by atoms with Crippen molar-refractivity contribution in [2.45, 2.75) is 45.3 Å². The fourth-order valence-corrected chi connectivity index (χ4v) is 2.31. The van der Waals surface area contributed by atoms with Gasteiger partial charge in [-0.25, -0.2) is 0 Å². The number of nitrogens with zero attached hydrogens (tertiary/aromatic N) is 1. The Morgan fingerprint density at radius 3 is 2.53 bits per heavy atom. The zero-order valence-corrected chi connectivity index (χ0v) is 12.6. The number of anilines is 1. The lowest BCUT2D eigenvalue weighted by atomic mass is 10.2. The molecule has 0 spiro atoms. The summed E-state index contributed by atoms with van der Waals surface area (Å²) in [6, 6.07) is 3.72. The average molecular weight is 252 g/mol. The minimum absolute atomic E-state index is 0.260. The zero-order valence-electron chi connectivity index (χ0n) is 11.6. The van der Waals surface area contributed by atoms with Gasteiger partial charge in [0.1, 0.15) is 0 Å². The fraction of sp³-hybridized carbons (Fsp3) is 0.615. The first kappa shape index (κ1) is 14.2. The first-order chi connectivity index (χ1) is 7.72. The van der Waals surface area contributed by atoms with Gasteiger partial charge in [0.15, 0.2) is 8.32 Å². The Hall–Kier alpha value is -0.873. The lowest BCUT2D eigenvalue weighted by molar-refractivity contribution is 0.291. The van der Waals surface area contributed by atoms with Crippen LogP contribution in [0.5, 0.6) is 0 Å². The van der Waals surface area contributed by atoms with Crippen LogP contribution in [-0.2, 0) is 10.8 Å². The second-order valence-electron chi connectivity index (χ2n) is 5.94. The van der Waals surface area contributed by atoms with Crippen LogP contribution in [0.1, 0.15) is 26.5 Å². The average Bonchev–Trinajstić information content (AvgIpc) is 2.15. The Morgan fingerprint density at radius 1 is 1.35 bits per heavy atom. The van der Waals surface area contributed by atoms with Gasteiger partial charge in [-0.05, 0) is 30.3 Å². The molecule has 1 heterocycles. The molecule has 0 aliphatic heterocycles. The van der Waals surface area contributed by atoms with Crippen LogP contribution in [0.4, 0.5) is 5.69 Å². The summed E-state index contributed by atoms with van der Waals surface area (Å²) in [4.78, 5) is 4.28. The Balaban J connectivity index is 2.48. The maximum absolute atomic E-state index is 6.10. The van der Waals surface area contributed by atoms with Crippen molar-refractivity contribution in [3.63, 3.8) is 0 Å². The van der Waals surface area contributed by atoms with Gasteiger partial charge in [-0.2, -0.15) is 0 Å². The van der Waals surface area contributed by atoms with Gasteiger partial charge >= 0.3 is 0 Å².